The summed E-state index contributed by atoms with van der Waals surface area (Å²) in [7, 11) is 0. The highest BCUT2D eigenvalue weighted by Gasteiger charge is 2.50. The van der Waals surface area contributed by atoms with Crippen molar-refractivity contribution in [2.45, 2.75) is 32.1 Å². The molecule has 0 bridgehead atoms. The van der Waals surface area contributed by atoms with Crippen LogP contribution in [0.4, 0.5) is 0 Å². The Hall–Kier alpha value is -3.56. The van der Waals surface area contributed by atoms with Crippen molar-refractivity contribution < 1.29 is 4.79 Å². The Kier molecular flexibility index (Phi) is 4.40. The molecule has 6 rings (SSSR count). The molecule has 3 atom stereocenters. The Bertz CT molecular complexity index is 1460. The molecule has 0 radical (unpaired) electrons. The second kappa shape index (κ2) is 7.23. The molecule has 2 aliphatic carbocycles. The molecule has 3 heterocycles. The molecule has 0 saturated heterocycles. The number of allylic oxidation sites excluding steroid dienone is 2. The quantitative estimate of drug-likeness (QED) is 0.396. The van der Waals surface area contributed by atoms with Crippen molar-refractivity contribution >= 4 is 27.2 Å². The minimum atomic E-state index is -0.463. The molecule has 0 spiro atoms. The van der Waals surface area contributed by atoms with Crippen LogP contribution in [0.1, 0.15) is 31.5 Å². The van der Waals surface area contributed by atoms with Gasteiger partial charge in [-0.2, -0.15) is 10.4 Å². The number of fused-ring (bicyclic) bond motifs is 4. The lowest BCUT2D eigenvalue weighted by atomic mass is 9.58. The molecule has 4 aromatic rings. The Morgan fingerprint density at radius 2 is 2.09 bits per heavy atom. The van der Waals surface area contributed by atoms with Crippen LogP contribution < -0.4 is 0 Å². The van der Waals surface area contributed by atoms with Crippen LogP contribution in [0.25, 0.3) is 26.3 Å². The lowest BCUT2D eigenvalue weighted by molar-refractivity contribution is -0.121. The van der Waals surface area contributed by atoms with E-state index in [2.05, 4.69) is 46.9 Å². The highest BCUT2D eigenvalue weighted by atomic mass is 32.1. The number of aromatic nitrogens is 3. The highest BCUT2D eigenvalue weighted by Crippen LogP contribution is 2.52. The third-order valence-corrected chi connectivity index (χ3v) is 8.46. The second-order valence-electron chi connectivity index (χ2n) is 9.20. The predicted molar refractivity (Wildman–Crippen MR) is 129 cm³/mol. The van der Waals surface area contributed by atoms with E-state index in [0.29, 0.717) is 0 Å². The van der Waals surface area contributed by atoms with E-state index in [1.54, 1.807) is 17.5 Å². The van der Waals surface area contributed by atoms with Crippen LogP contribution in [0.3, 0.4) is 0 Å². The fourth-order valence-electron chi connectivity index (χ4n) is 5.81. The molecule has 33 heavy (non-hydrogen) atoms. The summed E-state index contributed by atoms with van der Waals surface area (Å²) in [5, 5.41) is 17.1. The van der Waals surface area contributed by atoms with E-state index in [4.69, 9.17) is 5.10 Å². The molecule has 1 aromatic carbocycles. The molecule has 0 unspecified atom stereocenters. The van der Waals surface area contributed by atoms with Crippen molar-refractivity contribution in [3.63, 3.8) is 0 Å². The standard InChI is InChI=1S/C27H22N4OS/c1-16-21-10-9-20-24(18-7-5-11-29-15-18)30-31(23-12-17-6-3-4-8-22(17)33-23)26(20)27(21,2)13-19(14-28)25(16)32/h3-8,11-13,15-16,21H,9-10H2,1-2H3/t16-,21-,27-/m1/s1. The van der Waals surface area contributed by atoms with E-state index in [9.17, 15) is 10.1 Å². The van der Waals surface area contributed by atoms with Gasteiger partial charge in [-0.3, -0.25) is 9.78 Å². The number of thiophene rings is 1. The number of ketones is 1. The summed E-state index contributed by atoms with van der Waals surface area (Å²) < 4.78 is 3.28. The summed E-state index contributed by atoms with van der Waals surface area (Å²) in [6.07, 6.45) is 7.27. The lowest BCUT2D eigenvalue weighted by Gasteiger charge is -2.45. The SMILES string of the molecule is C[C@H]1C(=O)C(C#N)=C[C@@]2(C)c3c(c(-c4cccnc4)nn3-c3cc4ccccc4s3)CC[C@H]12. The zero-order chi connectivity index (χ0) is 22.7. The first kappa shape index (κ1) is 20.1. The first-order valence-corrected chi connectivity index (χ1v) is 12.0. The van der Waals surface area contributed by atoms with E-state index < -0.39 is 5.41 Å². The second-order valence-corrected chi connectivity index (χ2v) is 10.3. The van der Waals surface area contributed by atoms with E-state index in [-0.39, 0.29) is 23.2 Å². The number of hydrogen-bond donors (Lipinski definition) is 0. The van der Waals surface area contributed by atoms with Gasteiger partial charge in [0.1, 0.15) is 11.1 Å². The topological polar surface area (TPSA) is 71.6 Å². The Balaban J connectivity index is 1.67. The van der Waals surface area contributed by atoms with Gasteiger partial charge >= 0.3 is 0 Å². The Labute approximate surface area is 196 Å². The number of carbonyl (C=O) groups excluding carboxylic acids is 1. The summed E-state index contributed by atoms with van der Waals surface area (Å²) in [5.41, 5.74) is 4.01. The molecular formula is C27H22N4OS. The molecule has 2 aliphatic rings. The molecule has 6 heteroatoms. The lowest BCUT2D eigenvalue weighted by Crippen LogP contribution is -2.46. The maximum Gasteiger partial charge on any atom is 0.176 e. The third kappa shape index (κ3) is 2.86. The zero-order valence-corrected chi connectivity index (χ0v) is 19.3. The monoisotopic (exact) mass is 450 g/mol. The van der Waals surface area contributed by atoms with Crippen molar-refractivity contribution in [3.8, 4) is 22.3 Å². The number of carbonyl (C=O) groups is 1. The summed E-state index contributed by atoms with van der Waals surface area (Å²) in [6, 6.07) is 16.7. The number of nitriles is 1. The number of hydrogen-bond acceptors (Lipinski definition) is 5. The minimum Gasteiger partial charge on any atom is -0.293 e. The van der Waals surface area contributed by atoms with Gasteiger partial charge in [0.15, 0.2) is 5.78 Å². The third-order valence-electron chi connectivity index (χ3n) is 7.37. The van der Waals surface area contributed by atoms with Gasteiger partial charge in [0.25, 0.3) is 0 Å². The van der Waals surface area contributed by atoms with Crippen molar-refractivity contribution in [1.29, 1.82) is 5.26 Å². The van der Waals surface area contributed by atoms with E-state index >= 15 is 0 Å². The average molecular weight is 451 g/mol. The Morgan fingerprint density at radius 1 is 1.24 bits per heavy atom. The van der Waals surface area contributed by atoms with Crippen molar-refractivity contribution in [1.82, 2.24) is 14.8 Å². The van der Waals surface area contributed by atoms with Crippen LogP contribution in [0.15, 0.2) is 66.5 Å². The molecule has 3 aromatic heterocycles. The van der Waals surface area contributed by atoms with Gasteiger partial charge in [-0.05, 0) is 48.4 Å². The summed E-state index contributed by atoms with van der Waals surface area (Å²) in [5.74, 6) is -0.111. The number of Topliss-reactive ketones (excluding diaryl/α,β-unsaturated/α-hetero) is 1. The van der Waals surface area contributed by atoms with Gasteiger partial charge in [0.2, 0.25) is 0 Å². The van der Waals surface area contributed by atoms with Crippen LogP contribution in [0, 0.1) is 23.2 Å². The summed E-state index contributed by atoms with van der Waals surface area (Å²) >= 11 is 1.71. The maximum atomic E-state index is 12.8. The normalized spacial score (nSPS) is 24.2. The highest BCUT2D eigenvalue weighted by molar-refractivity contribution is 7.21. The fourth-order valence-corrected chi connectivity index (χ4v) is 6.83. The van der Waals surface area contributed by atoms with Gasteiger partial charge in [-0.25, -0.2) is 4.68 Å². The zero-order valence-electron chi connectivity index (χ0n) is 18.4. The first-order valence-electron chi connectivity index (χ1n) is 11.2. The molecule has 0 fully saturated rings. The van der Waals surface area contributed by atoms with Crippen molar-refractivity contribution in [2.24, 2.45) is 11.8 Å². The van der Waals surface area contributed by atoms with E-state index in [1.165, 1.54) is 15.6 Å². The first-order chi connectivity index (χ1) is 16.0. The number of pyridine rings is 1. The smallest absolute Gasteiger partial charge is 0.176 e. The predicted octanol–water partition coefficient (Wildman–Crippen LogP) is 5.64. The van der Waals surface area contributed by atoms with Gasteiger partial charge < -0.3 is 0 Å². The van der Waals surface area contributed by atoms with Crippen LogP contribution >= 0.6 is 11.3 Å². The van der Waals surface area contributed by atoms with Crippen LogP contribution in [0.2, 0.25) is 0 Å². The van der Waals surface area contributed by atoms with Crippen LogP contribution in [-0.2, 0) is 16.6 Å². The van der Waals surface area contributed by atoms with Crippen molar-refractivity contribution in [3.05, 3.63) is 77.8 Å². The average Bonchev–Trinajstić information content (AvgIpc) is 3.44. The van der Waals surface area contributed by atoms with Gasteiger partial charge in [-0.1, -0.05) is 38.1 Å². The molecule has 5 nitrogen and oxygen atoms in total. The fraction of sp³-hybridized carbons (Fsp3) is 0.259. The molecule has 0 N–H and O–H groups in total. The minimum absolute atomic E-state index is 0.0381. The van der Waals surface area contributed by atoms with Gasteiger partial charge in [-0.15, -0.1) is 11.3 Å². The number of nitrogens with zero attached hydrogens (tertiary/aromatic N) is 4. The molecule has 0 aliphatic heterocycles. The molecule has 0 saturated carbocycles. The molecule has 162 valence electrons. The summed E-state index contributed by atoms with van der Waals surface area (Å²) in [4.78, 5) is 17.2. The number of benzene rings is 1. The Morgan fingerprint density at radius 3 is 2.85 bits per heavy atom. The van der Waals surface area contributed by atoms with Gasteiger partial charge in [0, 0.05) is 39.6 Å². The van der Waals surface area contributed by atoms with Crippen molar-refractivity contribution in [2.75, 3.05) is 0 Å². The van der Waals surface area contributed by atoms with Gasteiger partial charge in [0.05, 0.1) is 17.0 Å². The van der Waals surface area contributed by atoms with Crippen LogP contribution in [-0.4, -0.2) is 20.5 Å². The maximum absolute atomic E-state index is 12.8. The summed E-state index contributed by atoms with van der Waals surface area (Å²) in [6.45, 7) is 4.15. The molecular weight excluding hydrogens is 428 g/mol. The van der Waals surface area contributed by atoms with E-state index in [1.807, 2.05) is 37.4 Å². The van der Waals surface area contributed by atoms with E-state index in [0.717, 1.165) is 34.8 Å². The number of rotatable bonds is 2. The molecule has 0 amide bonds. The van der Waals surface area contributed by atoms with Crippen LogP contribution in [0.5, 0.6) is 0 Å². The largest absolute Gasteiger partial charge is 0.293 e.